The van der Waals surface area contributed by atoms with Crippen LogP contribution in [0.3, 0.4) is 0 Å². The van der Waals surface area contributed by atoms with E-state index in [9.17, 15) is 0 Å². The van der Waals surface area contributed by atoms with Gasteiger partial charge >= 0.3 is 0 Å². The molecule has 2 heterocycles. The SMILES string of the molecule is CCC1=C[N+](C)(C)c2ccc(C#N)nc21. The molecule has 0 saturated heterocycles. The minimum Gasteiger partial charge on any atom is -0.268 e. The lowest BCUT2D eigenvalue weighted by Gasteiger charge is -2.20. The number of quaternary nitrogens is 1. The van der Waals surface area contributed by atoms with Gasteiger partial charge < -0.3 is 0 Å². The summed E-state index contributed by atoms with van der Waals surface area (Å²) < 4.78 is 0.719. The van der Waals surface area contributed by atoms with Crippen LogP contribution < -0.4 is 4.48 Å². The van der Waals surface area contributed by atoms with Crippen LogP contribution in [0.1, 0.15) is 24.7 Å². The lowest BCUT2D eigenvalue weighted by Crippen LogP contribution is -2.31. The highest BCUT2D eigenvalue weighted by atomic mass is 15.3. The van der Waals surface area contributed by atoms with Gasteiger partial charge in [0.1, 0.15) is 23.7 Å². The fourth-order valence-electron chi connectivity index (χ4n) is 1.99. The van der Waals surface area contributed by atoms with Gasteiger partial charge in [0.2, 0.25) is 0 Å². The van der Waals surface area contributed by atoms with Crippen LogP contribution in [0.2, 0.25) is 0 Å². The Balaban J connectivity index is 2.63. The van der Waals surface area contributed by atoms with Crippen LogP contribution >= 0.6 is 0 Å². The Kier molecular flexibility index (Phi) is 2.09. The first-order valence-corrected chi connectivity index (χ1v) is 5.06. The smallest absolute Gasteiger partial charge is 0.163 e. The monoisotopic (exact) mass is 200 g/mol. The lowest BCUT2D eigenvalue weighted by molar-refractivity contribution is 0.549. The van der Waals surface area contributed by atoms with E-state index in [1.54, 1.807) is 6.07 Å². The number of aromatic nitrogens is 1. The highest BCUT2D eigenvalue weighted by Gasteiger charge is 2.31. The molecule has 1 aromatic rings. The molecule has 0 aliphatic carbocycles. The number of hydrogen-bond acceptors (Lipinski definition) is 2. The summed E-state index contributed by atoms with van der Waals surface area (Å²) in [6, 6.07) is 5.87. The summed E-state index contributed by atoms with van der Waals surface area (Å²) in [7, 11) is 4.24. The molecule has 2 rings (SSSR count). The Morgan fingerprint density at radius 3 is 2.73 bits per heavy atom. The Labute approximate surface area is 89.9 Å². The predicted molar refractivity (Wildman–Crippen MR) is 60.9 cm³/mol. The van der Waals surface area contributed by atoms with Crippen molar-refractivity contribution < 1.29 is 0 Å². The molecular formula is C12H14N3+. The number of pyridine rings is 1. The molecule has 0 amide bonds. The largest absolute Gasteiger partial charge is 0.268 e. The second-order valence-corrected chi connectivity index (χ2v) is 4.22. The van der Waals surface area contributed by atoms with Crippen molar-refractivity contribution in [1.82, 2.24) is 9.47 Å². The number of rotatable bonds is 1. The van der Waals surface area contributed by atoms with Gasteiger partial charge in [0.25, 0.3) is 0 Å². The molecule has 1 aliphatic rings. The van der Waals surface area contributed by atoms with E-state index in [0.717, 1.165) is 16.6 Å². The Hall–Kier alpha value is -1.66. The predicted octanol–water partition coefficient (Wildman–Crippen LogP) is 2.28. The van der Waals surface area contributed by atoms with Crippen LogP contribution in [-0.2, 0) is 0 Å². The van der Waals surface area contributed by atoms with Crippen molar-refractivity contribution >= 4 is 11.3 Å². The van der Waals surface area contributed by atoms with E-state index in [2.05, 4.69) is 38.3 Å². The molecule has 0 bridgehead atoms. The summed E-state index contributed by atoms with van der Waals surface area (Å²) in [5, 5.41) is 8.82. The molecular weight excluding hydrogens is 186 g/mol. The van der Waals surface area contributed by atoms with Gasteiger partial charge in [0, 0.05) is 11.6 Å². The second-order valence-electron chi connectivity index (χ2n) is 4.22. The van der Waals surface area contributed by atoms with Crippen molar-refractivity contribution in [2.24, 2.45) is 0 Å². The molecule has 0 aromatic carbocycles. The molecule has 0 fully saturated rings. The van der Waals surface area contributed by atoms with Crippen molar-refractivity contribution in [1.29, 1.82) is 5.26 Å². The second kappa shape index (κ2) is 3.18. The van der Waals surface area contributed by atoms with Crippen LogP contribution in [0.4, 0.5) is 5.69 Å². The topological polar surface area (TPSA) is 36.7 Å². The molecule has 0 radical (unpaired) electrons. The fraction of sp³-hybridized carbons (Fsp3) is 0.333. The highest BCUT2D eigenvalue weighted by molar-refractivity contribution is 5.79. The molecule has 0 atom stereocenters. The third-order valence-electron chi connectivity index (χ3n) is 2.77. The van der Waals surface area contributed by atoms with Crippen molar-refractivity contribution in [3.8, 4) is 6.07 Å². The molecule has 1 aliphatic heterocycles. The van der Waals surface area contributed by atoms with Gasteiger partial charge in [-0.15, -0.1) is 0 Å². The van der Waals surface area contributed by atoms with E-state index in [1.807, 2.05) is 6.07 Å². The average molecular weight is 200 g/mol. The molecule has 15 heavy (non-hydrogen) atoms. The van der Waals surface area contributed by atoms with Gasteiger partial charge in [0.05, 0.1) is 14.1 Å². The molecule has 0 unspecified atom stereocenters. The first-order valence-electron chi connectivity index (χ1n) is 5.06. The first kappa shape index (κ1) is 9.88. The summed E-state index contributed by atoms with van der Waals surface area (Å²) in [6.45, 7) is 2.11. The van der Waals surface area contributed by atoms with Crippen LogP contribution in [-0.4, -0.2) is 19.1 Å². The van der Waals surface area contributed by atoms with Crippen LogP contribution in [0.25, 0.3) is 5.57 Å². The minimum absolute atomic E-state index is 0.495. The van der Waals surface area contributed by atoms with Gasteiger partial charge in [0.15, 0.2) is 5.69 Å². The van der Waals surface area contributed by atoms with Crippen molar-refractivity contribution in [2.75, 3.05) is 14.1 Å². The lowest BCUT2D eigenvalue weighted by atomic mass is 10.1. The maximum Gasteiger partial charge on any atom is 0.163 e. The molecule has 3 nitrogen and oxygen atoms in total. The van der Waals surface area contributed by atoms with Crippen LogP contribution in [0.15, 0.2) is 18.3 Å². The number of fused-ring (bicyclic) bond motifs is 1. The van der Waals surface area contributed by atoms with Gasteiger partial charge in [-0.25, -0.2) is 4.98 Å². The number of nitrogens with zero attached hydrogens (tertiary/aromatic N) is 3. The Morgan fingerprint density at radius 1 is 1.40 bits per heavy atom. The van der Waals surface area contributed by atoms with Gasteiger partial charge in [-0.2, -0.15) is 5.26 Å². The molecule has 1 aromatic heterocycles. The fourth-order valence-corrected chi connectivity index (χ4v) is 1.99. The summed E-state index contributed by atoms with van der Waals surface area (Å²) in [5.41, 5.74) is 3.88. The van der Waals surface area contributed by atoms with Crippen molar-refractivity contribution in [3.05, 3.63) is 29.7 Å². The van der Waals surface area contributed by atoms with Crippen LogP contribution in [0.5, 0.6) is 0 Å². The van der Waals surface area contributed by atoms with E-state index in [1.165, 1.54) is 11.3 Å². The standard InChI is InChI=1S/C12H14N3/c1-4-9-8-15(2,3)11-6-5-10(7-13)14-12(9)11/h5-6,8H,4H2,1-3H3/q+1. The highest BCUT2D eigenvalue weighted by Crippen LogP contribution is 2.37. The van der Waals surface area contributed by atoms with E-state index in [-0.39, 0.29) is 0 Å². The Bertz CT molecular complexity index is 478. The van der Waals surface area contributed by atoms with E-state index < -0.39 is 0 Å². The molecule has 0 N–H and O–H groups in total. The van der Waals surface area contributed by atoms with Gasteiger partial charge in [-0.3, -0.25) is 4.48 Å². The zero-order valence-corrected chi connectivity index (χ0v) is 9.28. The summed E-state index contributed by atoms with van der Waals surface area (Å²) in [5.74, 6) is 0. The van der Waals surface area contributed by atoms with Crippen molar-refractivity contribution in [3.63, 3.8) is 0 Å². The zero-order chi connectivity index (χ0) is 11.1. The molecule has 0 saturated carbocycles. The minimum atomic E-state index is 0.495. The summed E-state index contributed by atoms with van der Waals surface area (Å²) >= 11 is 0. The summed E-state index contributed by atoms with van der Waals surface area (Å²) in [4.78, 5) is 4.37. The van der Waals surface area contributed by atoms with Crippen molar-refractivity contribution in [2.45, 2.75) is 13.3 Å². The molecule has 3 heteroatoms. The van der Waals surface area contributed by atoms with Gasteiger partial charge in [-0.1, -0.05) is 6.92 Å². The number of nitriles is 1. The number of allylic oxidation sites excluding steroid dienone is 1. The maximum absolute atomic E-state index is 8.82. The quantitative estimate of drug-likeness (QED) is 0.652. The van der Waals surface area contributed by atoms with E-state index in [0.29, 0.717) is 5.69 Å². The third-order valence-corrected chi connectivity index (χ3v) is 2.77. The normalized spacial score (nSPS) is 16.8. The third kappa shape index (κ3) is 1.43. The Morgan fingerprint density at radius 2 is 2.13 bits per heavy atom. The zero-order valence-electron chi connectivity index (χ0n) is 9.28. The van der Waals surface area contributed by atoms with E-state index in [4.69, 9.17) is 5.26 Å². The first-order chi connectivity index (χ1) is 7.08. The van der Waals surface area contributed by atoms with E-state index >= 15 is 0 Å². The molecule has 76 valence electrons. The summed E-state index contributed by atoms with van der Waals surface area (Å²) in [6.07, 6.45) is 3.15. The average Bonchev–Trinajstić information content (AvgIpc) is 2.50. The molecule has 0 spiro atoms. The maximum atomic E-state index is 8.82. The number of hydrogen-bond donors (Lipinski definition) is 0. The van der Waals surface area contributed by atoms with Crippen LogP contribution in [0, 0.1) is 11.3 Å². The van der Waals surface area contributed by atoms with Gasteiger partial charge in [-0.05, 0) is 12.5 Å².